The van der Waals surface area contributed by atoms with Crippen molar-refractivity contribution >= 4 is 5.91 Å². The van der Waals surface area contributed by atoms with Gasteiger partial charge in [-0.3, -0.25) is 4.79 Å². The Hall–Kier alpha value is -0.610. The second kappa shape index (κ2) is 6.90. The van der Waals surface area contributed by atoms with E-state index in [1.165, 1.54) is 57.9 Å². The van der Waals surface area contributed by atoms with E-state index in [1.807, 2.05) is 0 Å². The van der Waals surface area contributed by atoms with Crippen molar-refractivity contribution in [2.45, 2.75) is 75.9 Å². The average molecular weight is 279 g/mol. The molecule has 0 radical (unpaired) electrons. The molecule has 3 fully saturated rings. The highest BCUT2D eigenvalue weighted by Crippen LogP contribution is 2.30. The van der Waals surface area contributed by atoms with Crippen LogP contribution in [-0.4, -0.2) is 37.1 Å². The molecular weight excluding hydrogens is 250 g/mol. The first kappa shape index (κ1) is 14.3. The van der Waals surface area contributed by atoms with E-state index in [0.717, 1.165) is 12.5 Å². The van der Waals surface area contributed by atoms with Crippen LogP contribution in [-0.2, 0) is 4.79 Å². The van der Waals surface area contributed by atoms with Gasteiger partial charge in [0.2, 0.25) is 5.91 Å². The number of hydrogen-bond donors (Lipinski definition) is 3. The zero-order valence-corrected chi connectivity index (χ0v) is 12.5. The van der Waals surface area contributed by atoms with Gasteiger partial charge < -0.3 is 16.0 Å². The second-order valence-corrected chi connectivity index (χ2v) is 6.80. The van der Waals surface area contributed by atoms with Crippen LogP contribution >= 0.6 is 0 Å². The van der Waals surface area contributed by atoms with Crippen molar-refractivity contribution in [1.82, 2.24) is 16.0 Å². The summed E-state index contributed by atoms with van der Waals surface area (Å²) in [5, 5.41) is 10.4. The minimum absolute atomic E-state index is 0.228. The molecule has 3 aliphatic rings. The normalized spacial score (nSPS) is 34.1. The predicted molar refractivity (Wildman–Crippen MR) is 80.6 cm³/mol. The smallest absolute Gasteiger partial charge is 0.221 e. The summed E-state index contributed by atoms with van der Waals surface area (Å²) < 4.78 is 0. The zero-order valence-electron chi connectivity index (χ0n) is 12.5. The van der Waals surface area contributed by atoms with Crippen molar-refractivity contribution in [2.24, 2.45) is 5.92 Å². The van der Waals surface area contributed by atoms with Gasteiger partial charge in [0.05, 0.1) is 0 Å². The fourth-order valence-corrected chi connectivity index (χ4v) is 3.87. The summed E-state index contributed by atoms with van der Waals surface area (Å²) in [7, 11) is 0. The summed E-state index contributed by atoms with van der Waals surface area (Å²) in [5.74, 6) is 1.00. The Balaban J connectivity index is 1.40. The maximum absolute atomic E-state index is 11.7. The van der Waals surface area contributed by atoms with Crippen LogP contribution in [0.2, 0.25) is 0 Å². The average Bonchev–Trinajstić information content (AvgIpc) is 3.10. The first-order chi connectivity index (χ1) is 9.83. The molecule has 114 valence electrons. The number of hydrogen-bond acceptors (Lipinski definition) is 3. The van der Waals surface area contributed by atoms with Crippen molar-refractivity contribution in [1.29, 1.82) is 0 Å². The molecule has 20 heavy (non-hydrogen) atoms. The maximum atomic E-state index is 11.7. The van der Waals surface area contributed by atoms with Crippen molar-refractivity contribution in [3.63, 3.8) is 0 Å². The van der Waals surface area contributed by atoms with E-state index in [9.17, 15) is 4.79 Å². The molecule has 1 heterocycles. The Labute approximate surface area is 122 Å². The van der Waals surface area contributed by atoms with Gasteiger partial charge in [0.15, 0.2) is 0 Å². The lowest BCUT2D eigenvalue weighted by Gasteiger charge is -2.36. The summed E-state index contributed by atoms with van der Waals surface area (Å²) in [5.41, 5.74) is 0. The van der Waals surface area contributed by atoms with Gasteiger partial charge in [-0.2, -0.15) is 0 Å². The molecule has 4 heteroatoms. The van der Waals surface area contributed by atoms with Crippen LogP contribution in [0.15, 0.2) is 0 Å². The molecule has 3 rings (SSSR count). The van der Waals surface area contributed by atoms with Gasteiger partial charge in [-0.05, 0) is 51.0 Å². The summed E-state index contributed by atoms with van der Waals surface area (Å²) in [6.45, 7) is 2.03. The predicted octanol–water partition coefficient (Wildman–Crippen LogP) is 1.56. The van der Waals surface area contributed by atoms with Crippen LogP contribution in [0.1, 0.15) is 57.8 Å². The lowest BCUT2D eigenvalue weighted by Crippen LogP contribution is -2.47. The molecule has 3 unspecified atom stereocenters. The fraction of sp³-hybridized carbons (Fsp3) is 0.938. The third-order valence-electron chi connectivity index (χ3n) is 5.14. The van der Waals surface area contributed by atoms with E-state index in [2.05, 4.69) is 16.0 Å². The minimum Gasteiger partial charge on any atom is -0.353 e. The highest BCUT2D eigenvalue weighted by Gasteiger charge is 2.33. The molecule has 3 atom stereocenters. The molecule has 1 aliphatic heterocycles. The van der Waals surface area contributed by atoms with Crippen LogP contribution in [0.3, 0.4) is 0 Å². The number of carbonyl (C=O) groups is 1. The number of rotatable bonds is 6. The van der Waals surface area contributed by atoms with Crippen LogP contribution in [0.5, 0.6) is 0 Å². The van der Waals surface area contributed by atoms with E-state index < -0.39 is 0 Å². The topological polar surface area (TPSA) is 53.2 Å². The van der Waals surface area contributed by atoms with E-state index in [0.29, 0.717) is 24.5 Å². The molecular formula is C16H29N3O. The summed E-state index contributed by atoms with van der Waals surface area (Å²) in [6.07, 6.45) is 11.0. The lowest BCUT2D eigenvalue weighted by molar-refractivity contribution is -0.121. The SMILES string of the molecule is O=C(CCNC1CCCCC1C1CCCN1)NC1CC1. The van der Waals surface area contributed by atoms with E-state index in [-0.39, 0.29) is 5.91 Å². The summed E-state index contributed by atoms with van der Waals surface area (Å²) in [4.78, 5) is 11.7. The number of carbonyl (C=O) groups excluding carboxylic acids is 1. The van der Waals surface area contributed by atoms with Crippen molar-refractivity contribution in [3.8, 4) is 0 Å². The highest BCUT2D eigenvalue weighted by atomic mass is 16.1. The van der Waals surface area contributed by atoms with Gasteiger partial charge in [-0.15, -0.1) is 0 Å². The van der Waals surface area contributed by atoms with Crippen molar-refractivity contribution < 1.29 is 4.79 Å². The minimum atomic E-state index is 0.228. The Morgan fingerprint density at radius 1 is 1.05 bits per heavy atom. The third-order valence-corrected chi connectivity index (χ3v) is 5.14. The van der Waals surface area contributed by atoms with Crippen LogP contribution < -0.4 is 16.0 Å². The molecule has 0 aromatic heterocycles. The molecule has 0 aromatic rings. The summed E-state index contributed by atoms with van der Waals surface area (Å²) >= 11 is 0. The van der Waals surface area contributed by atoms with Crippen LogP contribution in [0.4, 0.5) is 0 Å². The van der Waals surface area contributed by atoms with Gasteiger partial charge in [0.1, 0.15) is 0 Å². The molecule has 1 amide bonds. The Morgan fingerprint density at radius 2 is 1.90 bits per heavy atom. The highest BCUT2D eigenvalue weighted by molar-refractivity contribution is 5.76. The molecule has 2 saturated carbocycles. The van der Waals surface area contributed by atoms with Gasteiger partial charge in [-0.25, -0.2) is 0 Å². The number of nitrogens with one attached hydrogen (secondary N) is 3. The van der Waals surface area contributed by atoms with Crippen LogP contribution in [0.25, 0.3) is 0 Å². The van der Waals surface area contributed by atoms with E-state index in [4.69, 9.17) is 0 Å². The first-order valence-corrected chi connectivity index (χ1v) is 8.59. The molecule has 0 aromatic carbocycles. The van der Waals surface area contributed by atoms with Gasteiger partial charge in [0, 0.05) is 31.1 Å². The second-order valence-electron chi connectivity index (χ2n) is 6.80. The third kappa shape index (κ3) is 3.95. The number of amides is 1. The largest absolute Gasteiger partial charge is 0.353 e. The fourth-order valence-electron chi connectivity index (χ4n) is 3.87. The standard InChI is InChI=1S/C16H29N3O/c20-16(19-12-7-8-12)9-11-18-14-5-2-1-4-13(14)15-6-3-10-17-15/h12-15,17-18H,1-11H2,(H,19,20). The molecule has 4 nitrogen and oxygen atoms in total. The lowest BCUT2D eigenvalue weighted by atomic mass is 9.79. The van der Waals surface area contributed by atoms with Gasteiger partial charge in [-0.1, -0.05) is 12.8 Å². The monoisotopic (exact) mass is 279 g/mol. The van der Waals surface area contributed by atoms with Gasteiger partial charge in [0.25, 0.3) is 0 Å². The Morgan fingerprint density at radius 3 is 2.65 bits per heavy atom. The van der Waals surface area contributed by atoms with Crippen molar-refractivity contribution in [3.05, 3.63) is 0 Å². The maximum Gasteiger partial charge on any atom is 0.221 e. The first-order valence-electron chi connectivity index (χ1n) is 8.59. The Kier molecular flexibility index (Phi) is 4.94. The molecule has 2 aliphatic carbocycles. The molecule has 0 bridgehead atoms. The molecule has 1 saturated heterocycles. The molecule has 3 N–H and O–H groups in total. The zero-order chi connectivity index (χ0) is 13.8. The van der Waals surface area contributed by atoms with E-state index >= 15 is 0 Å². The van der Waals surface area contributed by atoms with E-state index in [1.54, 1.807) is 0 Å². The van der Waals surface area contributed by atoms with Crippen LogP contribution in [0, 0.1) is 5.92 Å². The van der Waals surface area contributed by atoms with Gasteiger partial charge >= 0.3 is 0 Å². The van der Waals surface area contributed by atoms with Crippen molar-refractivity contribution in [2.75, 3.05) is 13.1 Å². The summed E-state index contributed by atoms with van der Waals surface area (Å²) in [6, 6.07) is 1.83. The Bertz CT molecular complexity index is 324. The quantitative estimate of drug-likeness (QED) is 0.691. The molecule has 0 spiro atoms.